The molecule has 0 saturated carbocycles. The summed E-state index contributed by atoms with van der Waals surface area (Å²) in [5, 5.41) is 19.5. The summed E-state index contributed by atoms with van der Waals surface area (Å²) in [7, 11) is 0. The zero-order valence-electron chi connectivity index (χ0n) is 11.0. The van der Waals surface area contributed by atoms with E-state index in [2.05, 4.69) is 15.6 Å². The Kier molecular flexibility index (Phi) is 4.01. The highest BCUT2D eigenvalue weighted by atomic mass is 35.5. The fraction of sp³-hybridized carbons (Fsp3) is 0.231. The van der Waals surface area contributed by atoms with Gasteiger partial charge in [0, 0.05) is 0 Å². The van der Waals surface area contributed by atoms with Crippen LogP contribution in [0.1, 0.15) is 24.4 Å². The van der Waals surface area contributed by atoms with Crippen molar-refractivity contribution >= 4 is 23.2 Å². The molecule has 1 aromatic heterocycles. The molecule has 2 rings (SSSR count). The summed E-state index contributed by atoms with van der Waals surface area (Å²) in [6.45, 7) is 3.37. The van der Waals surface area contributed by atoms with Gasteiger partial charge in [0.05, 0.1) is 16.4 Å². The van der Waals surface area contributed by atoms with Gasteiger partial charge >= 0.3 is 0 Å². The molecule has 102 valence electrons. The first-order chi connectivity index (χ1) is 9.54. The number of halogens is 1. The van der Waals surface area contributed by atoms with Crippen molar-refractivity contribution in [3.63, 3.8) is 0 Å². The third-order valence-corrected chi connectivity index (χ3v) is 3.24. The van der Waals surface area contributed by atoms with E-state index in [1.807, 2.05) is 6.07 Å². The van der Waals surface area contributed by atoms with E-state index < -0.39 is 6.04 Å². The van der Waals surface area contributed by atoms with Crippen LogP contribution in [0.15, 0.2) is 24.3 Å². The Balaban J connectivity index is 2.19. The van der Waals surface area contributed by atoms with Crippen molar-refractivity contribution in [1.29, 1.82) is 5.26 Å². The molecule has 1 unspecified atom stereocenters. The predicted octanol–water partition coefficient (Wildman–Crippen LogP) is 2.31. The van der Waals surface area contributed by atoms with Crippen molar-refractivity contribution in [1.82, 2.24) is 15.0 Å². The molecule has 2 aromatic rings. The van der Waals surface area contributed by atoms with Crippen LogP contribution in [0.4, 0.5) is 5.69 Å². The summed E-state index contributed by atoms with van der Waals surface area (Å²) in [6.07, 6.45) is 0. The van der Waals surface area contributed by atoms with Gasteiger partial charge in [-0.3, -0.25) is 4.79 Å². The highest BCUT2D eigenvalue weighted by molar-refractivity contribution is 6.33. The lowest BCUT2D eigenvalue weighted by molar-refractivity contribution is -0.119. The van der Waals surface area contributed by atoms with Gasteiger partial charge in [-0.05, 0) is 26.0 Å². The SMILES string of the molecule is Cc1c(C#N)nnn1C(C)C(=O)Nc1ccccc1Cl. The van der Waals surface area contributed by atoms with Crippen molar-refractivity contribution in [3.8, 4) is 6.07 Å². The van der Waals surface area contributed by atoms with Crippen molar-refractivity contribution < 1.29 is 4.79 Å². The predicted molar refractivity (Wildman–Crippen MR) is 74.3 cm³/mol. The van der Waals surface area contributed by atoms with Crippen LogP contribution in [0.5, 0.6) is 0 Å². The van der Waals surface area contributed by atoms with Crippen molar-refractivity contribution in [3.05, 3.63) is 40.7 Å². The van der Waals surface area contributed by atoms with E-state index in [-0.39, 0.29) is 11.6 Å². The largest absolute Gasteiger partial charge is 0.323 e. The molecule has 1 N–H and O–H groups in total. The Morgan fingerprint density at radius 2 is 2.20 bits per heavy atom. The van der Waals surface area contributed by atoms with Gasteiger partial charge in [0.25, 0.3) is 0 Å². The van der Waals surface area contributed by atoms with Crippen molar-refractivity contribution in [2.75, 3.05) is 5.32 Å². The molecule has 0 bridgehead atoms. The highest BCUT2D eigenvalue weighted by Gasteiger charge is 2.20. The number of nitriles is 1. The van der Waals surface area contributed by atoms with Crippen LogP contribution in [-0.2, 0) is 4.79 Å². The number of benzene rings is 1. The second-order valence-corrected chi connectivity index (χ2v) is 4.63. The molecule has 6 nitrogen and oxygen atoms in total. The lowest BCUT2D eigenvalue weighted by Crippen LogP contribution is -2.25. The second kappa shape index (κ2) is 5.72. The topological polar surface area (TPSA) is 83.6 Å². The molecule has 1 heterocycles. The van der Waals surface area contributed by atoms with E-state index >= 15 is 0 Å². The monoisotopic (exact) mass is 289 g/mol. The molecule has 0 aliphatic carbocycles. The maximum absolute atomic E-state index is 12.2. The van der Waals surface area contributed by atoms with Gasteiger partial charge < -0.3 is 5.32 Å². The van der Waals surface area contributed by atoms with Gasteiger partial charge in [0.1, 0.15) is 12.1 Å². The third-order valence-electron chi connectivity index (χ3n) is 2.91. The number of nitrogens with one attached hydrogen (secondary N) is 1. The number of nitrogens with zero attached hydrogens (tertiary/aromatic N) is 4. The minimum absolute atomic E-state index is 0.211. The zero-order chi connectivity index (χ0) is 14.7. The van der Waals surface area contributed by atoms with Crippen LogP contribution >= 0.6 is 11.6 Å². The number of hydrogen-bond donors (Lipinski definition) is 1. The lowest BCUT2D eigenvalue weighted by atomic mass is 10.2. The smallest absolute Gasteiger partial charge is 0.249 e. The number of hydrogen-bond acceptors (Lipinski definition) is 4. The van der Waals surface area contributed by atoms with Crippen molar-refractivity contribution in [2.45, 2.75) is 19.9 Å². The molecule has 0 aliphatic rings. The molecular weight excluding hydrogens is 278 g/mol. The number of anilines is 1. The average molecular weight is 290 g/mol. The quantitative estimate of drug-likeness (QED) is 0.940. The van der Waals surface area contributed by atoms with Crippen molar-refractivity contribution in [2.24, 2.45) is 0 Å². The maximum atomic E-state index is 12.2. The average Bonchev–Trinajstić information content (AvgIpc) is 2.81. The van der Waals surface area contributed by atoms with E-state index in [0.717, 1.165) is 0 Å². The summed E-state index contributed by atoms with van der Waals surface area (Å²) >= 11 is 5.98. The number of aromatic nitrogens is 3. The molecule has 1 atom stereocenters. The third kappa shape index (κ3) is 2.63. The van der Waals surface area contributed by atoms with E-state index in [1.54, 1.807) is 38.1 Å². The molecule has 7 heteroatoms. The fourth-order valence-electron chi connectivity index (χ4n) is 1.72. The van der Waals surface area contributed by atoms with E-state index in [0.29, 0.717) is 16.4 Å². The van der Waals surface area contributed by atoms with Gasteiger partial charge in [-0.15, -0.1) is 5.10 Å². The Morgan fingerprint density at radius 3 is 2.80 bits per heavy atom. The lowest BCUT2D eigenvalue weighted by Gasteiger charge is -2.14. The number of para-hydroxylation sites is 1. The van der Waals surface area contributed by atoms with Crippen LogP contribution in [0.2, 0.25) is 5.02 Å². The number of carbonyl (C=O) groups excluding carboxylic acids is 1. The molecule has 0 fully saturated rings. The highest BCUT2D eigenvalue weighted by Crippen LogP contribution is 2.22. The van der Waals surface area contributed by atoms with Crippen LogP contribution in [0, 0.1) is 18.3 Å². The molecule has 0 radical (unpaired) electrons. The minimum Gasteiger partial charge on any atom is -0.323 e. The summed E-state index contributed by atoms with van der Waals surface area (Å²) in [5.74, 6) is -0.282. The standard InChI is InChI=1S/C13H12ClN5O/c1-8-12(7-15)17-18-19(8)9(2)13(20)16-11-6-4-3-5-10(11)14/h3-6,9H,1-2H3,(H,16,20). The van der Waals surface area contributed by atoms with Gasteiger partial charge in [0.15, 0.2) is 5.69 Å². The molecule has 1 amide bonds. The molecule has 20 heavy (non-hydrogen) atoms. The van der Waals surface area contributed by atoms with E-state index in [1.165, 1.54) is 4.68 Å². The zero-order valence-corrected chi connectivity index (χ0v) is 11.7. The van der Waals surface area contributed by atoms with Gasteiger partial charge in [0.2, 0.25) is 5.91 Å². The Labute approximate surface area is 121 Å². The maximum Gasteiger partial charge on any atom is 0.249 e. The van der Waals surface area contributed by atoms with Gasteiger partial charge in [-0.1, -0.05) is 28.9 Å². The van der Waals surface area contributed by atoms with Crippen LogP contribution in [-0.4, -0.2) is 20.9 Å². The molecule has 1 aromatic carbocycles. The number of carbonyl (C=O) groups is 1. The normalized spacial score (nSPS) is 11.7. The minimum atomic E-state index is -0.596. The van der Waals surface area contributed by atoms with Crippen LogP contribution in [0.3, 0.4) is 0 Å². The van der Waals surface area contributed by atoms with E-state index in [9.17, 15) is 4.79 Å². The summed E-state index contributed by atoms with van der Waals surface area (Å²) in [5.41, 5.74) is 1.29. The van der Waals surface area contributed by atoms with Crippen LogP contribution in [0.25, 0.3) is 0 Å². The summed E-state index contributed by atoms with van der Waals surface area (Å²) in [4.78, 5) is 12.2. The summed E-state index contributed by atoms with van der Waals surface area (Å²) in [6, 6.07) is 8.28. The van der Waals surface area contributed by atoms with Gasteiger partial charge in [-0.2, -0.15) is 5.26 Å². The molecule has 0 spiro atoms. The number of rotatable bonds is 3. The Bertz CT molecular complexity index is 688. The molecule has 0 saturated heterocycles. The summed E-state index contributed by atoms with van der Waals surface area (Å²) < 4.78 is 1.41. The first kappa shape index (κ1) is 14.0. The fourth-order valence-corrected chi connectivity index (χ4v) is 1.91. The Hall–Kier alpha value is -2.39. The molecule has 0 aliphatic heterocycles. The van der Waals surface area contributed by atoms with Gasteiger partial charge in [-0.25, -0.2) is 4.68 Å². The Morgan fingerprint density at radius 1 is 1.50 bits per heavy atom. The molecular formula is C13H12ClN5O. The first-order valence-corrected chi connectivity index (χ1v) is 6.29. The first-order valence-electron chi connectivity index (χ1n) is 5.92. The number of amides is 1. The second-order valence-electron chi connectivity index (χ2n) is 4.22. The van der Waals surface area contributed by atoms with Crippen LogP contribution < -0.4 is 5.32 Å². The van der Waals surface area contributed by atoms with E-state index in [4.69, 9.17) is 16.9 Å².